The molecule has 4 atom stereocenters. The van der Waals surface area contributed by atoms with Crippen molar-refractivity contribution in [3.63, 3.8) is 0 Å². The maximum atomic E-state index is 12.4. The number of carbonyl (C=O) groups excluding carboxylic acids is 2. The van der Waals surface area contributed by atoms with E-state index >= 15 is 0 Å². The van der Waals surface area contributed by atoms with Crippen molar-refractivity contribution in [2.45, 2.75) is 78.6 Å². The summed E-state index contributed by atoms with van der Waals surface area (Å²) in [5.74, 6) is 1.34. The Morgan fingerprint density at radius 3 is 2.61 bits per heavy atom. The number of carbonyl (C=O) groups is 2. The molecule has 0 amide bonds. The Bertz CT molecular complexity index is 509. The molecule has 0 aromatic rings. The van der Waals surface area contributed by atoms with Crippen LogP contribution in [0.15, 0.2) is 0 Å². The van der Waals surface area contributed by atoms with E-state index in [9.17, 15) is 9.59 Å². The van der Waals surface area contributed by atoms with Crippen molar-refractivity contribution in [1.29, 1.82) is 0 Å². The molecule has 130 valence electrons. The SMILES string of the molecule is COC(=O)C[C@]12CC(=O)CC[C@@H]1CC[C@H]1C(C)(C)CCC[C@@]12C. The van der Waals surface area contributed by atoms with E-state index in [1.165, 1.54) is 32.8 Å². The van der Waals surface area contributed by atoms with E-state index in [1.54, 1.807) is 0 Å². The highest BCUT2D eigenvalue weighted by atomic mass is 16.5. The van der Waals surface area contributed by atoms with Crippen molar-refractivity contribution in [2.75, 3.05) is 7.11 Å². The van der Waals surface area contributed by atoms with Gasteiger partial charge >= 0.3 is 5.97 Å². The first-order chi connectivity index (χ1) is 10.7. The van der Waals surface area contributed by atoms with Gasteiger partial charge in [0.2, 0.25) is 0 Å². The zero-order valence-corrected chi connectivity index (χ0v) is 15.2. The number of methoxy groups -OCH3 is 1. The molecule has 0 heterocycles. The first-order valence-electron chi connectivity index (χ1n) is 9.34. The van der Waals surface area contributed by atoms with Gasteiger partial charge < -0.3 is 4.74 Å². The van der Waals surface area contributed by atoms with Crippen molar-refractivity contribution in [2.24, 2.45) is 28.1 Å². The maximum absolute atomic E-state index is 12.4. The van der Waals surface area contributed by atoms with Crippen LogP contribution in [-0.4, -0.2) is 18.9 Å². The molecule has 3 fully saturated rings. The van der Waals surface area contributed by atoms with Gasteiger partial charge in [-0.15, -0.1) is 0 Å². The van der Waals surface area contributed by atoms with Crippen molar-refractivity contribution in [1.82, 2.24) is 0 Å². The standard InChI is InChI=1S/C20H32O3/c1-18(2)10-5-11-19(3)16(18)9-7-14-6-8-15(21)12-20(14,19)13-17(22)23-4/h14,16H,5-13H2,1-4H3/t14-,16+,19+,20-/m1/s1. The van der Waals surface area contributed by atoms with E-state index in [0.717, 1.165) is 12.8 Å². The first kappa shape index (κ1) is 17.0. The lowest BCUT2D eigenvalue weighted by atomic mass is 9.38. The Labute approximate surface area is 140 Å². The number of Topliss-reactive ketones (excluding diaryl/α,β-unsaturated/α-hetero) is 1. The summed E-state index contributed by atoms with van der Waals surface area (Å²) in [5.41, 5.74) is 0.222. The minimum atomic E-state index is -0.171. The van der Waals surface area contributed by atoms with Gasteiger partial charge in [-0.05, 0) is 60.2 Å². The van der Waals surface area contributed by atoms with Crippen LogP contribution in [0.2, 0.25) is 0 Å². The molecule has 0 radical (unpaired) electrons. The average Bonchev–Trinajstić information content (AvgIpc) is 2.47. The van der Waals surface area contributed by atoms with E-state index in [-0.39, 0.29) is 16.8 Å². The Hall–Kier alpha value is -0.860. The third-order valence-corrected chi connectivity index (χ3v) is 7.92. The summed E-state index contributed by atoms with van der Waals surface area (Å²) in [6, 6.07) is 0. The van der Waals surface area contributed by atoms with Gasteiger partial charge in [0.1, 0.15) is 5.78 Å². The molecule has 3 heteroatoms. The van der Waals surface area contributed by atoms with E-state index in [4.69, 9.17) is 4.74 Å². The summed E-state index contributed by atoms with van der Waals surface area (Å²) in [4.78, 5) is 24.7. The number of ether oxygens (including phenoxy) is 1. The topological polar surface area (TPSA) is 43.4 Å². The number of hydrogen-bond donors (Lipinski definition) is 0. The number of fused-ring (bicyclic) bond motifs is 3. The largest absolute Gasteiger partial charge is 0.469 e. The van der Waals surface area contributed by atoms with Gasteiger partial charge in [0, 0.05) is 12.8 Å². The van der Waals surface area contributed by atoms with Gasteiger partial charge in [0.05, 0.1) is 13.5 Å². The van der Waals surface area contributed by atoms with Gasteiger partial charge in [0.15, 0.2) is 0 Å². The summed E-state index contributed by atoms with van der Waals surface area (Å²) in [6.45, 7) is 7.18. The molecule has 0 unspecified atom stereocenters. The summed E-state index contributed by atoms with van der Waals surface area (Å²) in [6.07, 6.45) is 8.76. The Balaban J connectivity index is 2.07. The molecular weight excluding hydrogens is 288 g/mol. The molecule has 3 aliphatic carbocycles. The molecule has 23 heavy (non-hydrogen) atoms. The summed E-state index contributed by atoms with van der Waals surface area (Å²) in [5, 5.41) is 0. The summed E-state index contributed by atoms with van der Waals surface area (Å²) in [7, 11) is 1.48. The van der Waals surface area contributed by atoms with Crippen LogP contribution in [0.5, 0.6) is 0 Å². The predicted molar refractivity (Wildman–Crippen MR) is 89.9 cm³/mol. The smallest absolute Gasteiger partial charge is 0.306 e. The Kier molecular flexibility index (Phi) is 4.13. The number of ketones is 1. The minimum Gasteiger partial charge on any atom is -0.469 e. The third kappa shape index (κ3) is 2.46. The fourth-order valence-electron chi connectivity index (χ4n) is 6.82. The van der Waals surface area contributed by atoms with E-state index in [1.807, 2.05) is 0 Å². The van der Waals surface area contributed by atoms with E-state index in [2.05, 4.69) is 20.8 Å². The van der Waals surface area contributed by atoms with E-state index < -0.39 is 0 Å². The lowest BCUT2D eigenvalue weighted by molar-refractivity contribution is -0.190. The average molecular weight is 320 g/mol. The van der Waals surface area contributed by atoms with Crippen molar-refractivity contribution >= 4 is 11.8 Å². The number of esters is 1. The lowest BCUT2D eigenvalue weighted by Crippen LogP contribution is -2.60. The van der Waals surface area contributed by atoms with Crippen LogP contribution in [-0.2, 0) is 14.3 Å². The van der Waals surface area contributed by atoms with Crippen LogP contribution in [0.25, 0.3) is 0 Å². The normalized spacial score (nSPS) is 42.5. The van der Waals surface area contributed by atoms with Gasteiger partial charge in [0.25, 0.3) is 0 Å². The maximum Gasteiger partial charge on any atom is 0.306 e. The summed E-state index contributed by atoms with van der Waals surface area (Å²) < 4.78 is 5.06. The molecule has 3 nitrogen and oxygen atoms in total. The van der Waals surface area contributed by atoms with Gasteiger partial charge in [-0.3, -0.25) is 9.59 Å². The highest BCUT2D eigenvalue weighted by molar-refractivity contribution is 5.82. The second kappa shape index (κ2) is 5.60. The highest BCUT2D eigenvalue weighted by Crippen LogP contribution is 2.70. The monoisotopic (exact) mass is 320 g/mol. The van der Waals surface area contributed by atoms with Crippen molar-refractivity contribution in [3.8, 4) is 0 Å². The van der Waals surface area contributed by atoms with Crippen LogP contribution in [0.3, 0.4) is 0 Å². The second-order valence-corrected chi connectivity index (χ2v) is 9.25. The molecule has 3 saturated carbocycles. The predicted octanol–water partition coefficient (Wildman–Crippen LogP) is 4.53. The quantitative estimate of drug-likeness (QED) is 0.702. The zero-order valence-electron chi connectivity index (χ0n) is 15.2. The number of hydrogen-bond acceptors (Lipinski definition) is 3. The molecule has 0 aromatic carbocycles. The Morgan fingerprint density at radius 2 is 1.91 bits per heavy atom. The lowest BCUT2D eigenvalue weighted by Gasteiger charge is -2.66. The molecule has 0 bridgehead atoms. The van der Waals surface area contributed by atoms with Crippen molar-refractivity contribution in [3.05, 3.63) is 0 Å². The molecule has 3 aliphatic rings. The van der Waals surface area contributed by atoms with Crippen molar-refractivity contribution < 1.29 is 14.3 Å². The van der Waals surface area contributed by atoms with Crippen LogP contribution in [0.4, 0.5) is 0 Å². The molecule has 3 rings (SSSR count). The zero-order chi connectivity index (χ0) is 16.9. The van der Waals surface area contributed by atoms with Gasteiger partial charge in [-0.25, -0.2) is 0 Å². The van der Waals surface area contributed by atoms with Crippen LogP contribution in [0.1, 0.15) is 78.6 Å². The Morgan fingerprint density at radius 1 is 1.17 bits per heavy atom. The molecule has 0 spiro atoms. The molecule has 0 aromatic heterocycles. The first-order valence-corrected chi connectivity index (χ1v) is 9.34. The fraction of sp³-hybridized carbons (Fsp3) is 0.900. The van der Waals surface area contributed by atoms with Crippen LogP contribution in [0, 0.1) is 28.1 Å². The number of rotatable bonds is 2. The van der Waals surface area contributed by atoms with Gasteiger partial charge in [-0.1, -0.05) is 27.2 Å². The van der Waals surface area contributed by atoms with E-state index in [0.29, 0.717) is 42.3 Å². The highest BCUT2D eigenvalue weighted by Gasteiger charge is 2.64. The van der Waals surface area contributed by atoms with Crippen LogP contribution < -0.4 is 0 Å². The summed E-state index contributed by atoms with van der Waals surface area (Å²) >= 11 is 0. The fourth-order valence-corrected chi connectivity index (χ4v) is 6.82. The van der Waals surface area contributed by atoms with Gasteiger partial charge in [-0.2, -0.15) is 0 Å². The molecule has 0 saturated heterocycles. The minimum absolute atomic E-state index is 0.0853. The van der Waals surface area contributed by atoms with Crippen LogP contribution >= 0.6 is 0 Å². The molecule has 0 N–H and O–H groups in total. The molecular formula is C20H32O3. The molecule has 0 aliphatic heterocycles. The third-order valence-electron chi connectivity index (χ3n) is 7.92. The second-order valence-electron chi connectivity index (χ2n) is 9.25.